The number of allylic oxidation sites excluding steroid dienone is 1. The maximum absolute atomic E-state index is 14.4. The number of nitrogens with two attached hydrogens (primary N) is 1. The Morgan fingerprint density at radius 2 is 1.70 bits per heavy atom. The van der Waals surface area contributed by atoms with Crippen LogP contribution in [0.1, 0.15) is 41.5 Å². The van der Waals surface area contributed by atoms with Crippen LogP contribution in [0.2, 0.25) is 0 Å². The van der Waals surface area contributed by atoms with Crippen molar-refractivity contribution in [1.29, 1.82) is 5.41 Å². The smallest absolute Gasteiger partial charge is 0.240 e. The lowest BCUT2D eigenvalue weighted by Crippen LogP contribution is -2.15. The van der Waals surface area contributed by atoms with Crippen LogP contribution in [0.15, 0.2) is 78.9 Å². The third-order valence-electron chi connectivity index (χ3n) is 6.33. The number of benzene rings is 3. The van der Waals surface area contributed by atoms with Gasteiger partial charge >= 0.3 is 0 Å². The summed E-state index contributed by atoms with van der Waals surface area (Å²) in [6, 6.07) is 24.6. The number of rotatable bonds is 6. The van der Waals surface area contributed by atoms with Gasteiger partial charge < -0.3 is 5.73 Å². The van der Waals surface area contributed by atoms with Crippen molar-refractivity contribution in [3.8, 4) is 0 Å². The second kappa shape index (κ2) is 8.87. The van der Waals surface area contributed by atoms with E-state index in [2.05, 4.69) is 46.6 Å². The Morgan fingerprint density at radius 1 is 0.970 bits per heavy atom. The number of fused-ring (bicyclic) bond motifs is 1. The molecule has 0 spiro atoms. The lowest BCUT2D eigenvalue weighted by Gasteiger charge is -2.31. The van der Waals surface area contributed by atoms with E-state index in [4.69, 9.17) is 11.1 Å². The van der Waals surface area contributed by atoms with Gasteiger partial charge in [0, 0.05) is 0 Å². The van der Waals surface area contributed by atoms with E-state index in [0.29, 0.717) is 16.8 Å². The second-order valence-corrected chi connectivity index (χ2v) is 8.47. The molecule has 164 valence electrons. The van der Waals surface area contributed by atoms with Crippen molar-refractivity contribution < 1.29 is 4.39 Å². The molecule has 1 aliphatic carbocycles. The molecule has 1 heterocycles. The highest BCUT2D eigenvalue weighted by molar-refractivity contribution is 6.01. The molecular formula is C28H25FN4. The van der Waals surface area contributed by atoms with Gasteiger partial charge in [0.05, 0.1) is 10.9 Å². The third-order valence-corrected chi connectivity index (χ3v) is 6.33. The summed E-state index contributed by atoms with van der Waals surface area (Å²) >= 11 is 0. The first kappa shape index (κ1) is 20.9. The molecule has 33 heavy (non-hydrogen) atoms. The van der Waals surface area contributed by atoms with Crippen LogP contribution in [-0.2, 0) is 0 Å². The van der Waals surface area contributed by atoms with Crippen LogP contribution in [0.4, 0.5) is 4.39 Å². The summed E-state index contributed by atoms with van der Waals surface area (Å²) in [6.45, 7) is 0. The van der Waals surface area contributed by atoms with E-state index in [1.807, 2.05) is 42.5 Å². The van der Waals surface area contributed by atoms with Crippen molar-refractivity contribution in [1.82, 2.24) is 10.2 Å². The molecule has 1 fully saturated rings. The average Bonchev–Trinajstić information content (AvgIpc) is 3.17. The number of nitrogens with zero attached hydrogens (tertiary/aromatic N) is 1. The van der Waals surface area contributed by atoms with Crippen LogP contribution in [0.5, 0.6) is 0 Å². The number of halogens is 1. The number of H-pyrrole nitrogens is 1. The molecule has 0 bridgehead atoms. The molecule has 0 atom stereocenters. The van der Waals surface area contributed by atoms with Gasteiger partial charge in [0.1, 0.15) is 5.84 Å². The second-order valence-electron chi connectivity index (χ2n) is 8.47. The largest absolute Gasteiger partial charge is 0.384 e. The monoisotopic (exact) mass is 436 g/mol. The van der Waals surface area contributed by atoms with Crippen molar-refractivity contribution in [2.24, 2.45) is 11.7 Å². The fraction of sp³-hybridized carbons (Fsp3) is 0.143. The Hall–Kier alpha value is -3.99. The standard InChI is InChI=1S/C28H25FN4/c29-28-23-17-22(14-15-24(23)32-33-28)27(21-12-9-18(10-13-21)11-16-25(30)31)26(20-7-4-8-20)19-5-2-1-3-6-19/h1-3,5-6,9-17,20H,4,7-8H2,(H3,30,31)(H,32,33)/b16-11+,27-26-. The maximum atomic E-state index is 14.4. The van der Waals surface area contributed by atoms with Crippen molar-refractivity contribution in [3.63, 3.8) is 0 Å². The lowest BCUT2D eigenvalue weighted by molar-refractivity contribution is 0.401. The number of nitrogens with one attached hydrogen (secondary N) is 2. The fourth-order valence-electron chi connectivity index (χ4n) is 4.46. The van der Waals surface area contributed by atoms with Gasteiger partial charge in [0.15, 0.2) is 0 Å². The van der Waals surface area contributed by atoms with Crippen LogP contribution in [0, 0.1) is 17.3 Å². The van der Waals surface area contributed by atoms with Crippen LogP contribution in [0.25, 0.3) is 28.1 Å². The molecular weight excluding hydrogens is 411 g/mol. The molecule has 1 saturated carbocycles. The summed E-state index contributed by atoms with van der Waals surface area (Å²) < 4.78 is 14.4. The van der Waals surface area contributed by atoms with Crippen molar-refractivity contribution in [2.45, 2.75) is 19.3 Å². The quantitative estimate of drug-likeness (QED) is 0.185. The molecule has 0 radical (unpaired) electrons. The zero-order chi connectivity index (χ0) is 22.8. The van der Waals surface area contributed by atoms with Gasteiger partial charge in [0.25, 0.3) is 0 Å². The predicted molar refractivity (Wildman–Crippen MR) is 133 cm³/mol. The first-order valence-corrected chi connectivity index (χ1v) is 11.2. The first-order chi connectivity index (χ1) is 16.1. The lowest BCUT2D eigenvalue weighted by atomic mass is 9.73. The highest BCUT2D eigenvalue weighted by Crippen LogP contribution is 2.45. The highest BCUT2D eigenvalue weighted by atomic mass is 19.1. The normalized spacial score (nSPS) is 14.9. The molecule has 1 aromatic heterocycles. The van der Waals surface area contributed by atoms with Crippen LogP contribution in [0.3, 0.4) is 0 Å². The Labute approximate surface area is 192 Å². The summed E-state index contributed by atoms with van der Waals surface area (Å²) in [5.41, 5.74) is 12.8. The number of aromatic nitrogens is 2. The number of aromatic amines is 1. The van der Waals surface area contributed by atoms with Crippen molar-refractivity contribution >= 4 is 34.0 Å². The topological polar surface area (TPSA) is 78.5 Å². The molecule has 0 amide bonds. The van der Waals surface area contributed by atoms with Crippen LogP contribution >= 0.6 is 0 Å². The molecule has 0 saturated heterocycles. The molecule has 0 unspecified atom stereocenters. The minimum Gasteiger partial charge on any atom is -0.384 e. The van der Waals surface area contributed by atoms with Crippen molar-refractivity contribution in [2.75, 3.05) is 0 Å². The zero-order valence-corrected chi connectivity index (χ0v) is 18.2. The Morgan fingerprint density at radius 3 is 2.36 bits per heavy atom. The number of amidine groups is 1. The summed E-state index contributed by atoms with van der Waals surface area (Å²) in [7, 11) is 0. The molecule has 1 aliphatic rings. The van der Waals surface area contributed by atoms with Crippen LogP contribution < -0.4 is 5.73 Å². The van der Waals surface area contributed by atoms with Crippen LogP contribution in [-0.4, -0.2) is 16.0 Å². The van der Waals surface area contributed by atoms with E-state index in [1.54, 1.807) is 6.08 Å². The van der Waals surface area contributed by atoms with Gasteiger partial charge in [-0.2, -0.15) is 4.39 Å². The van der Waals surface area contributed by atoms with Gasteiger partial charge in [-0.25, -0.2) is 0 Å². The Kier molecular flexibility index (Phi) is 5.61. The summed E-state index contributed by atoms with van der Waals surface area (Å²) in [6.07, 6.45) is 6.92. The highest BCUT2D eigenvalue weighted by Gasteiger charge is 2.27. The zero-order valence-electron chi connectivity index (χ0n) is 18.2. The van der Waals surface area contributed by atoms with Gasteiger partial charge in [-0.05, 0) is 70.4 Å². The third kappa shape index (κ3) is 4.22. The van der Waals surface area contributed by atoms with Gasteiger partial charge in [0.2, 0.25) is 5.95 Å². The number of hydrogen-bond donors (Lipinski definition) is 3. The fourth-order valence-corrected chi connectivity index (χ4v) is 4.46. The minimum absolute atomic E-state index is 0.0199. The summed E-state index contributed by atoms with van der Waals surface area (Å²) in [5.74, 6) is -0.00291. The van der Waals surface area contributed by atoms with E-state index in [-0.39, 0.29) is 5.84 Å². The van der Waals surface area contributed by atoms with Gasteiger partial charge in [-0.1, -0.05) is 73.2 Å². The molecule has 5 rings (SSSR count). The average molecular weight is 437 g/mol. The van der Waals surface area contributed by atoms with Gasteiger partial charge in [-0.3, -0.25) is 10.5 Å². The molecule has 0 aliphatic heterocycles. The molecule has 4 N–H and O–H groups in total. The summed E-state index contributed by atoms with van der Waals surface area (Å²) in [5, 5.41) is 14.4. The Bertz CT molecular complexity index is 1360. The summed E-state index contributed by atoms with van der Waals surface area (Å²) in [4.78, 5) is 0. The van der Waals surface area contributed by atoms with Crippen molar-refractivity contribution in [3.05, 3.63) is 107 Å². The molecule has 4 aromatic rings. The van der Waals surface area contributed by atoms with E-state index in [9.17, 15) is 4.39 Å². The van der Waals surface area contributed by atoms with Gasteiger partial charge in [-0.15, -0.1) is 5.10 Å². The van der Waals surface area contributed by atoms with E-state index < -0.39 is 5.95 Å². The molecule has 4 nitrogen and oxygen atoms in total. The molecule has 5 heteroatoms. The Balaban J connectivity index is 1.73. The molecule has 3 aromatic carbocycles. The predicted octanol–water partition coefficient (Wildman–Crippen LogP) is 6.41. The van der Waals surface area contributed by atoms with E-state index in [0.717, 1.165) is 35.1 Å². The SMILES string of the molecule is N=C(N)/C=C/c1ccc(/C(=C(\c2ccccc2)C2CCC2)c2ccc3[nH]nc(F)c3c2)cc1. The number of hydrogen-bond acceptors (Lipinski definition) is 2. The minimum atomic E-state index is -0.485. The van der Waals surface area contributed by atoms with E-state index >= 15 is 0 Å². The van der Waals surface area contributed by atoms with E-state index in [1.165, 1.54) is 17.6 Å². The maximum Gasteiger partial charge on any atom is 0.240 e. The first-order valence-electron chi connectivity index (χ1n) is 11.2.